The average Bonchev–Trinajstić information content (AvgIpc) is 2.79. The summed E-state index contributed by atoms with van der Waals surface area (Å²) in [6.45, 7) is 7.49. The molecular weight excluding hydrogens is 382 g/mol. The van der Waals surface area contributed by atoms with Crippen molar-refractivity contribution in [2.45, 2.75) is 65.0 Å². The van der Waals surface area contributed by atoms with Crippen LogP contribution in [-0.2, 0) is 16.1 Å². The first-order valence-electron chi connectivity index (χ1n) is 11.5. The molecule has 0 radical (unpaired) electrons. The van der Waals surface area contributed by atoms with Gasteiger partial charge in [0.2, 0.25) is 0 Å². The van der Waals surface area contributed by atoms with Crippen molar-refractivity contribution in [2.24, 2.45) is 0 Å². The minimum absolute atomic E-state index is 0.198. The number of unbranched alkanes of at least 4 members (excludes halogenated alkanes) is 1. The van der Waals surface area contributed by atoms with Crippen LogP contribution in [0.2, 0.25) is 0 Å². The molecule has 31 heavy (non-hydrogen) atoms. The monoisotopic (exact) mass is 417 g/mol. The molecule has 0 unspecified atom stereocenters. The molecule has 0 amide bonds. The number of rotatable bonds is 8. The number of hydrogen-bond acceptors (Lipinski definition) is 3. The Kier molecular flexibility index (Phi) is 8.52. The summed E-state index contributed by atoms with van der Waals surface area (Å²) in [5.74, 6) is 0.0603. The Bertz CT molecular complexity index is 886. The second-order valence-corrected chi connectivity index (χ2v) is 8.32. The summed E-state index contributed by atoms with van der Waals surface area (Å²) in [5.41, 5.74) is 4.63. The van der Waals surface area contributed by atoms with Gasteiger partial charge in [0.25, 0.3) is 0 Å². The van der Waals surface area contributed by atoms with Crippen molar-refractivity contribution in [1.82, 2.24) is 4.90 Å². The van der Waals surface area contributed by atoms with E-state index < -0.39 is 0 Å². The van der Waals surface area contributed by atoms with E-state index in [0.717, 1.165) is 31.4 Å². The standard InChI is InChI=1S/C28H35NO2/c1-4-6-13-24-18-26(28(30)31-5-2)21-29(20-23-14-9-7-10-15-23)22(3)27(19-24)25-16-11-8-12-17-25/h7-12,14-17,19,21-22,27H,4-6,13,18,20H2,1-3H3/b24-19-,26-21+/t22-,27+/m0/s1. The number of esters is 1. The number of carbonyl (C=O) groups is 1. The highest BCUT2D eigenvalue weighted by Gasteiger charge is 2.27. The second-order valence-electron chi connectivity index (χ2n) is 8.32. The molecule has 0 aromatic heterocycles. The summed E-state index contributed by atoms with van der Waals surface area (Å²) in [7, 11) is 0. The normalized spacial score (nSPS) is 22.5. The smallest absolute Gasteiger partial charge is 0.335 e. The zero-order chi connectivity index (χ0) is 22.1. The van der Waals surface area contributed by atoms with Crippen LogP contribution < -0.4 is 0 Å². The summed E-state index contributed by atoms with van der Waals surface area (Å²) >= 11 is 0. The number of hydrogen-bond donors (Lipinski definition) is 0. The van der Waals surface area contributed by atoms with Crippen LogP contribution in [0.25, 0.3) is 0 Å². The summed E-state index contributed by atoms with van der Waals surface area (Å²) in [6.07, 6.45) is 8.42. The molecule has 3 heteroatoms. The maximum Gasteiger partial charge on any atom is 0.335 e. The van der Waals surface area contributed by atoms with Gasteiger partial charge in [-0.15, -0.1) is 0 Å². The van der Waals surface area contributed by atoms with E-state index in [-0.39, 0.29) is 17.9 Å². The van der Waals surface area contributed by atoms with Crippen LogP contribution in [0.15, 0.2) is 84.1 Å². The molecule has 0 N–H and O–H groups in total. The molecule has 0 spiro atoms. The van der Waals surface area contributed by atoms with E-state index >= 15 is 0 Å². The highest BCUT2D eigenvalue weighted by molar-refractivity contribution is 5.89. The predicted octanol–water partition coefficient (Wildman–Crippen LogP) is 6.63. The molecule has 164 valence electrons. The number of ether oxygens (including phenoxy) is 1. The topological polar surface area (TPSA) is 29.5 Å². The molecule has 0 bridgehead atoms. The number of allylic oxidation sites excluding steroid dienone is 1. The van der Waals surface area contributed by atoms with Crippen LogP contribution in [-0.4, -0.2) is 23.5 Å². The van der Waals surface area contributed by atoms with Gasteiger partial charge < -0.3 is 9.64 Å². The maximum atomic E-state index is 12.8. The first kappa shape index (κ1) is 22.9. The molecule has 2 atom stereocenters. The zero-order valence-electron chi connectivity index (χ0n) is 19.1. The van der Waals surface area contributed by atoms with Gasteiger partial charge in [-0.25, -0.2) is 4.79 Å². The minimum Gasteiger partial charge on any atom is -0.463 e. The van der Waals surface area contributed by atoms with Crippen molar-refractivity contribution in [3.05, 3.63) is 95.2 Å². The van der Waals surface area contributed by atoms with E-state index in [9.17, 15) is 4.79 Å². The van der Waals surface area contributed by atoms with Gasteiger partial charge in [0.15, 0.2) is 0 Å². The van der Waals surface area contributed by atoms with E-state index in [1.165, 1.54) is 16.7 Å². The van der Waals surface area contributed by atoms with Gasteiger partial charge in [0.1, 0.15) is 0 Å². The van der Waals surface area contributed by atoms with Crippen molar-refractivity contribution < 1.29 is 9.53 Å². The van der Waals surface area contributed by atoms with Crippen LogP contribution in [0.4, 0.5) is 0 Å². The highest BCUT2D eigenvalue weighted by Crippen LogP contribution is 2.33. The predicted molar refractivity (Wildman–Crippen MR) is 128 cm³/mol. The molecular formula is C28H35NO2. The van der Waals surface area contributed by atoms with Crippen molar-refractivity contribution in [3.8, 4) is 0 Å². The largest absolute Gasteiger partial charge is 0.463 e. The van der Waals surface area contributed by atoms with Gasteiger partial charge in [0.05, 0.1) is 12.2 Å². The van der Waals surface area contributed by atoms with Gasteiger partial charge >= 0.3 is 5.97 Å². The van der Waals surface area contributed by atoms with Gasteiger partial charge in [0, 0.05) is 31.1 Å². The number of benzene rings is 2. The zero-order valence-corrected chi connectivity index (χ0v) is 19.1. The lowest BCUT2D eigenvalue weighted by molar-refractivity contribution is -0.138. The quantitative estimate of drug-likeness (QED) is 0.357. The third kappa shape index (κ3) is 6.33. The molecule has 0 saturated heterocycles. The Labute approximate surface area is 187 Å². The fourth-order valence-electron chi connectivity index (χ4n) is 4.22. The molecule has 3 nitrogen and oxygen atoms in total. The molecule has 2 aromatic rings. The molecule has 0 aliphatic carbocycles. The maximum absolute atomic E-state index is 12.8. The fraction of sp³-hybridized carbons (Fsp3) is 0.393. The first-order chi connectivity index (χ1) is 15.1. The third-order valence-corrected chi connectivity index (χ3v) is 5.98. The SMILES string of the molecule is CCCC/C1=C/[C@@H](c2ccccc2)[C@H](C)N(Cc2ccccc2)/C=C(/C(=O)OCC)C1. The molecule has 1 aliphatic rings. The summed E-state index contributed by atoms with van der Waals surface area (Å²) in [6, 6.07) is 21.4. The minimum atomic E-state index is -0.201. The summed E-state index contributed by atoms with van der Waals surface area (Å²) in [5, 5.41) is 0. The lowest BCUT2D eigenvalue weighted by Gasteiger charge is -2.36. The van der Waals surface area contributed by atoms with Crippen molar-refractivity contribution in [2.75, 3.05) is 6.61 Å². The molecule has 3 rings (SSSR count). The van der Waals surface area contributed by atoms with Crippen LogP contribution in [0, 0.1) is 0 Å². The Morgan fingerprint density at radius 3 is 2.35 bits per heavy atom. The lowest BCUT2D eigenvalue weighted by atomic mass is 9.85. The molecule has 0 fully saturated rings. The summed E-state index contributed by atoms with van der Waals surface area (Å²) in [4.78, 5) is 15.1. The van der Waals surface area contributed by atoms with Gasteiger partial charge in [-0.2, -0.15) is 0 Å². The highest BCUT2D eigenvalue weighted by atomic mass is 16.5. The average molecular weight is 418 g/mol. The van der Waals surface area contributed by atoms with Crippen molar-refractivity contribution in [3.63, 3.8) is 0 Å². The Hall–Kier alpha value is -2.81. The molecule has 1 aliphatic heterocycles. The van der Waals surface area contributed by atoms with E-state index in [2.05, 4.69) is 85.6 Å². The molecule has 0 saturated carbocycles. The van der Waals surface area contributed by atoms with Crippen LogP contribution >= 0.6 is 0 Å². The number of nitrogens with zero attached hydrogens (tertiary/aromatic N) is 1. The van der Waals surface area contributed by atoms with Crippen molar-refractivity contribution in [1.29, 1.82) is 0 Å². The summed E-state index contributed by atoms with van der Waals surface area (Å²) < 4.78 is 5.41. The van der Waals surface area contributed by atoms with E-state index in [0.29, 0.717) is 13.0 Å². The Morgan fingerprint density at radius 2 is 1.71 bits per heavy atom. The Morgan fingerprint density at radius 1 is 1.03 bits per heavy atom. The van der Waals surface area contributed by atoms with Gasteiger partial charge in [-0.1, -0.05) is 85.7 Å². The van der Waals surface area contributed by atoms with Crippen LogP contribution in [0.3, 0.4) is 0 Å². The third-order valence-electron chi connectivity index (χ3n) is 5.98. The number of carbonyl (C=O) groups excluding carboxylic acids is 1. The van der Waals surface area contributed by atoms with Crippen LogP contribution in [0.5, 0.6) is 0 Å². The van der Waals surface area contributed by atoms with E-state index in [4.69, 9.17) is 4.74 Å². The molecule has 1 heterocycles. The second kappa shape index (κ2) is 11.5. The Balaban J connectivity index is 2.02. The van der Waals surface area contributed by atoms with E-state index in [1.807, 2.05) is 13.0 Å². The fourth-order valence-corrected chi connectivity index (χ4v) is 4.22. The van der Waals surface area contributed by atoms with Gasteiger partial charge in [-0.3, -0.25) is 0 Å². The van der Waals surface area contributed by atoms with Gasteiger partial charge in [-0.05, 0) is 37.8 Å². The van der Waals surface area contributed by atoms with Crippen molar-refractivity contribution >= 4 is 5.97 Å². The first-order valence-corrected chi connectivity index (χ1v) is 11.5. The van der Waals surface area contributed by atoms with Crippen LogP contribution in [0.1, 0.15) is 63.5 Å². The van der Waals surface area contributed by atoms with E-state index in [1.54, 1.807) is 0 Å². The lowest BCUT2D eigenvalue weighted by Crippen LogP contribution is -2.34. The molecule has 2 aromatic carbocycles.